The van der Waals surface area contributed by atoms with E-state index in [1.165, 1.54) is 33.5 Å². The van der Waals surface area contributed by atoms with Crippen LogP contribution < -0.4 is 16.6 Å². The van der Waals surface area contributed by atoms with Crippen LogP contribution in [0.5, 0.6) is 0 Å². The van der Waals surface area contributed by atoms with Crippen molar-refractivity contribution < 1.29 is 9.18 Å². The van der Waals surface area contributed by atoms with E-state index in [1.807, 2.05) is 0 Å². The normalized spacial score (nSPS) is 12.2. The number of benzene rings is 2. The lowest BCUT2D eigenvalue weighted by molar-refractivity contribution is 0.0940. The highest BCUT2D eigenvalue weighted by atomic mass is 35.5. The van der Waals surface area contributed by atoms with Gasteiger partial charge in [0.1, 0.15) is 17.2 Å². The van der Waals surface area contributed by atoms with E-state index >= 15 is 0 Å². The standard InChI is InChI=1S/C23H17ClFN7O2/c1-12(28-22(33)18-19(26)30-31-10-4-9-27-21(18)31)20-29-16-8-3-7-15(24)17(16)23(34)32(20)14-6-2-5-13(25)11-14/h2-12H,1H3,(H2,26,30)(H,28,33)/t12-/m0/s1. The lowest BCUT2D eigenvalue weighted by Gasteiger charge is -2.20. The Balaban J connectivity index is 1.65. The molecule has 0 bridgehead atoms. The van der Waals surface area contributed by atoms with Gasteiger partial charge >= 0.3 is 0 Å². The molecule has 0 saturated heterocycles. The van der Waals surface area contributed by atoms with Gasteiger partial charge in [0, 0.05) is 12.4 Å². The second kappa shape index (κ2) is 8.23. The van der Waals surface area contributed by atoms with Crippen molar-refractivity contribution in [3.63, 3.8) is 0 Å². The maximum atomic E-state index is 14.0. The van der Waals surface area contributed by atoms with Gasteiger partial charge in [-0.15, -0.1) is 5.10 Å². The molecule has 0 saturated carbocycles. The van der Waals surface area contributed by atoms with Gasteiger partial charge in [-0.1, -0.05) is 23.7 Å². The molecule has 1 amide bonds. The van der Waals surface area contributed by atoms with Crippen molar-refractivity contribution in [3.8, 4) is 5.69 Å². The third-order valence-electron chi connectivity index (χ3n) is 5.32. The molecule has 3 N–H and O–H groups in total. The maximum absolute atomic E-state index is 14.0. The fraction of sp³-hybridized carbons (Fsp3) is 0.0870. The van der Waals surface area contributed by atoms with Crippen LogP contribution >= 0.6 is 11.6 Å². The van der Waals surface area contributed by atoms with Crippen molar-refractivity contribution in [2.45, 2.75) is 13.0 Å². The number of hydrogen-bond donors (Lipinski definition) is 2. The number of halogens is 2. The highest BCUT2D eigenvalue weighted by Crippen LogP contribution is 2.24. The van der Waals surface area contributed by atoms with E-state index in [9.17, 15) is 14.0 Å². The van der Waals surface area contributed by atoms with Crippen molar-refractivity contribution in [2.75, 3.05) is 5.73 Å². The summed E-state index contributed by atoms with van der Waals surface area (Å²) in [6, 6.07) is 11.3. The smallest absolute Gasteiger partial charge is 0.267 e. The highest BCUT2D eigenvalue weighted by Gasteiger charge is 2.25. The summed E-state index contributed by atoms with van der Waals surface area (Å²) in [5.41, 5.74) is 6.44. The lowest BCUT2D eigenvalue weighted by atomic mass is 10.2. The van der Waals surface area contributed by atoms with Crippen molar-refractivity contribution >= 4 is 39.9 Å². The van der Waals surface area contributed by atoms with Gasteiger partial charge in [-0.25, -0.2) is 18.9 Å². The summed E-state index contributed by atoms with van der Waals surface area (Å²) in [5.74, 6) is -0.896. The van der Waals surface area contributed by atoms with E-state index in [2.05, 4.69) is 20.4 Å². The van der Waals surface area contributed by atoms with Crippen LogP contribution in [0, 0.1) is 5.82 Å². The van der Waals surface area contributed by atoms with Gasteiger partial charge in [0.25, 0.3) is 11.5 Å². The van der Waals surface area contributed by atoms with Crippen LogP contribution in [0.4, 0.5) is 10.2 Å². The average Bonchev–Trinajstić information content (AvgIpc) is 3.14. The minimum absolute atomic E-state index is 0.00386. The number of carbonyl (C=O) groups excluding carboxylic acids is 1. The molecule has 0 radical (unpaired) electrons. The van der Waals surface area contributed by atoms with Crippen molar-refractivity contribution in [2.24, 2.45) is 0 Å². The first-order chi connectivity index (χ1) is 16.3. The third kappa shape index (κ3) is 3.54. The Labute approximate surface area is 196 Å². The summed E-state index contributed by atoms with van der Waals surface area (Å²) < 4.78 is 16.7. The summed E-state index contributed by atoms with van der Waals surface area (Å²) in [6.45, 7) is 1.65. The van der Waals surface area contributed by atoms with E-state index in [1.54, 1.807) is 43.5 Å². The number of anilines is 1. The molecular weight excluding hydrogens is 461 g/mol. The largest absolute Gasteiger partial charge is 0.381 e. The number of amides is 1. The molecule has 9 nitrogen and oxygen atoms in total. The molecule has 0 aliphatic carbocycles. The van der Waals surface area contributed by atoms with E-state index in [0.29, 0.717) is 5.52 Å². The fourth-order valence-corrected chi connectivity index (χ4v) is 4.07. The number of nitrogens with zero attached hydrogens (tertiary/aromatic N) is 5. The number of hydrogen-bond acceptors (Lipinski definition) is 6. The zero-order chi connectivity index (χ0) is 24.0. The van der Waals surface area contributed by atoms with Gasteiger partial charge < -0.3 is 11.1 Å². The van der Waals surface area contributed by atoms with Crippen molar-refractivity contribution in [1.29, 1.82) is 0 Å². The molecule has 2 aromatic carbocycles. The summed E-state index contributed by atoms with van der Waals surface area (Å²) in [7, 11) is 0. The second-order valence-corrected chi connectivity index (χ2v) is 7.97. The first-order valence-corrected chi connectivity index (χ1v) is 10.6. The van der Waals surface area contributed by atoms with Crippen LogP contribution in [0.25, 0.3) is 22.2 Å². The molecule has 0 aliphatic heterocycles. The molecule has 170 valence electrons. The summed E-state index contributed by atoms with van der Waals surface area (Å²) >= 11 is 6.28. The fourth-order valence-electron chi connectivity index (χ4n) is 3.82. The minimum Gasteiger partial charge on any atom is -0.381 e. The molecule has 34 heavy (non-hydrogen) atoms. The summed E-state index contributed by atoms with van der Waals surface area (Å²) in [4.78, 5) is 35.4. The maximum Gasteiger partial charge on any atom is 0.267 e. The van der Waals surface area contributed by atoms with Gasteiger partial charge in [-0.2, -0.15) is 0 Å². The molecule has 0 fully saturated rings. The SMILES string of the molecule is C[C@H](NC(=O)c1c(N)nn2cccnc12)c1nc2cccc(Cl)c2c(=O)n1-c1cccc(F)c1. The first-order valence-electron chi connectivity index (χ1n) is 10.2. The van der Waals surface area contributed by atoms with Crippen LogP contribution in [-0.4, -0.2) is 30.1 Å². The molecule has 3 aromatic heterocycles. The third-order valence-corrected chi connectivity index (χ3v) is 5.64. The number of rotatable bonds is 4. The van der Waals surface area contributed by atoms with Crippen LogP contribution in [0.2, 0.25) is 5.02 Å². The summed E-state index contributed by atoms with van der Waals surface area (Å²) in [5, 5.41) is 7.30. The summed E-state index contributed by atoms with van der Waals surface area (Å²) in [6.07, 6.45) is 3.14. The quantitative estimate of drug-likeness (QED) is 0.410. The Hall–Kier alpha value is -4.31. The second-order valence-electron chi connectivity index (χ2n) is 7.57. The molecule has 0 unspecified atom stereocenters. The van der Waals surface area contributed by atoms with Crippen LogP contribution in [0.1, 0.15) is 29.1 Å². The number of nitrogen functional groups attached to an aromatic ring is 1. The number of fused-ring (bicyclic) bond motifs is 2. The first kappa shape index (κ1) is 21.5. The molecule has 11 heteroatoms. The number of nitrogens with one attached hydrogen (secondary N) is 1. The zero-order valence-corrected chi connectivity index (χ0v) is 18.5. The lowest BCUT2D eigenvalue weighted by Crippen LogP contribution is -2.33. The van der Waals surface area contributed by atoms with E-state index in [4.69, 9.17) is 17.3 Å². The van der Waals surface area contributed by atoms with Crippen LogP contribution in [-0.2, 0) is 0 Å². The predicted octanol–water partition coefficient (Wildman–Crippen LogP) is 3.29. The van der Waals surface area contributed by atoms with Crippen LogP contribution in [0.15, 0.2) is 65.7 Å². The Morgan fingerprint density at radius 3 is 2.79 bits per heavy atom. The van der Waals surface area contributed by atoms with E-state index in [-0.39, 0.29) is 38.9 Å². The molecule has 3 heterocycles. The van der Waals surface area contributed by atoms with Gasteiger partial charge in [0.15, 0.2) is 11.5 Å². The molecular formula is C23H17ClFN7O2. The minimum atomic E-state index is -0.787. The predicted molar refractivity (Wildman–Crippen MR) is 126 cm³/mol. The number of nitrogens with two attached hydrogens (primary N) is 1. The van der Waals surface area contributed by atoms with Gasteiger partial charge in [0.2, 0.25) is 0 Å². The zero-order valence-electron chi connectivity index (χ0n) is 17.7. The molecule has 0 spiro atoms. The van der Waals surface area contributed by atoms with Crippen molar-refractivity contribution in [1.82, 2.24) is 29.5 Å². The Kier molecular flexibility index (Phi) is 5.21. The topological polar surface area (TPSA) is 120 Å². The highest BCUT2D eigenvalue weighted by molar-refractivity contribution is 6.35. The molecule has 0 aliphatic rings. The Morgan fingerprint density at radius 2 is 2.00 bits per heavy atom. The van der Waals surface area contributed by atoms with E-state index < -0.39 is 23.3 Å². The molecule has 5 rings (SSSR count). The molecule has 5 aromatic rings. The average molecular weight is 478 g/mol. The molecule has 1 atom stereocenters. The number of carbonyl (C=O) groups is 1. The van der Waals surface area contributed by atoms with Gasteiger partial charge in [-0.3, -0.25) is 14.2 Å². The van der Waals surface area contributed by atoms with Crippen LogP contribution in [0.3, 0.4) is 0 Å². The number of aromatic nitrogens is 5. The Morgan fingerprint density at radius 1 is 1.21 bits per heavy atom. The van der Waals surface area contributed by atoms with Gasteiger partial charge in [0.05, 0.1) is 27.7 Å². The van der Waals surface area contributed by atoms with Gasteiger partial charge in [-0.05, 0) is 43.3 Å². The monoisotopic (exact) mass is 477 g/mol. The Bertz CT molecular complexity index is 1650. The van der Waals surface area contributed by atoms with E-state index in [0.717, 1.165) is 0 Å². The van der Waals surface area contributed by atoms with Crippen molar-refractivity contribution in [3.05, 3.63) is 93.5 Å².